The number of ether oxygens (including phenoxy) is 3. The van der Waals surface area contributed by atoms with Crippen molar-refractivity contribution in [3.05, 3.63) is 23.8 Å². The Kier molecular flexibility index (Phi) is 7.52. The van der Waals surface area contributed by atoms with E-state index in [0.29, 0.717) is 35.6 Å². The number of esters is 1. The average molecular weight is 351 g/mol. The van der Waals surface area contributed by atoms with Gasteiger partial charge in [0.2, 0.25) is 0 Å². The summed E-state index contributed by atoms with van der Waals surface area (Å²) in [4.78, 5) is 11.6. The van der Waals surface area contributed by atoms with E-state index >= 15 is 0 Å². The van der Waals surface area contributed by atoms with Crippen LogP contribution in [-0.4, -0.2) is 50.6 Å². The third-order valence-corrected chi connectivity index (χ3v) is 4.74. The second kappa shape index (κ2) is 9.63. The number of carbonyl (C=O) groups excluding carboxylic acids is 1. The Morgan fingerprint density at radius 3 is 2.72 bits per heavy atom. The fraction of sp³-hybridized carbons (Fsp3) is 0.632. The molecule has 0 aromatic heterocycles. The SMILES string of the molecule is COC(=O)c1ccc(OC[C@@H](O)CN[C@@H]2CCCC[C@H]2C)c(OC)c1. The largest absolute Gasteiger partial charge is 0.493 e. The topological polar surface area (TPSA) is 77.0 Å². The van der Waals surface area contributed by atoms with E-state index in [1.54, 1.807) is 18.2 Å². The monoisotopic (exact) mass is 351 g/mol. The molecule has 1 aromatic rings. The molecular weight excluding hydrogens is 322 g/mol. The van der Waals surface area contributed by atoms with Crippen molar-refractivity contribution in [2.24, 2.45) is 5.92 Å². The maximum absolute atomic E-state index is 11.6. The molecule has 0 aliphatic heterocycles. The van der Waals surface area contributed by atoms with E-state index in [2.05, 4.69) is 17.0 Å². The van der Waals surface area contributed by atoms with Gasteiger partial charge in [0.05, 0.1) is 19.8 Å². The maximum Gasteiger partial charge on any atom is 0.337 e. The van der Waals surface area contributed by atoms with Gasteiger partial charge in [-0.2, -0.15) is 0 Å². The Balaban J connectivity index is 1.84. The van der Waals surface area contributed by atoms with Gasteiger partial charge in [-0.15, -0.1) is 0 Å². The van der Waals surface area contributed by atoms with Gasteiger partial charge in [-0.25, -0.2) is 4.79 Å². The third kappa shape index (κ3) is 5.61. The normalized spacial score (nSPS) is 21.4. The van der Waals surface area contributed by atoms with Crippen LogP contribution in [0, 0.1) is 5.92 Å². The van der Waals surface area contributed by atoms with Crippen LogP contribution >= 0.6 is 0 Å². The number of aliphatic hydroxyl groups is 1. The highest BCUT2D eigenvalue weighted by Crippen LogP contribution is 2.28. The first kappa shape index (κ1) is 19.5. The zero-order chi connectivity index (χ0) is 18.2. The molecule has 1 aromatic carbocycles. The smallest absolute Gasteiger partial charge is 0.337 e. The van der Waals surface area contributed by atoms with Crippen molar-refractivity contribution < 1.29 is 24.1 Å². The van der Waals surface area contributed by atoms with Gasteiger partial charge in [0.15, 0.2) is 11.5 Å². The molecule has 25 heavy (non-hydrogen) atoms. The summed E-state index contributed by atoms with van der Waals surface area (Å²) in [5.74, 6) is 1.13. The van der Waals surface area contributed by atoms with Crippen molar-refractivity contribution >= 4 is 5.97 Å². The van der Waals surface area contributed by atoms with Crippen molar-refractivity contribution in [2.75, 3.05) is 27.4 Å². The van der Waals surface area contributed by atoms with Crippen LogP contribution in [0.15, 0.2) is 18.2 Å². The molecule has 2 N–H and O–H groups in total. The molecule has 1 saturated carbocycles. The first-order chi connectivity index (χ1) is 12.0. The molecule has 0 saturated heterocycles. The van der Waals surface area contributed by atoms with Gasteiger partial charge in [-0.05, 0) is 37.0 Å². The first-order valence-corrected chi connectivity index (χ1v) is 8.85. The number of hydrogen-bond donors (Lipinski definition) is 2. The van der Waals surface area contributed by atoms with Crippen molar-refractivity contribution in [3.63, 3.8) is 0 Å². The Hall–Kier alpha value is -1.79. The predicted octanol–water partition coefficient (Wildman–Crippen LogP) is 2.39. The van der Waals surface area contributed by atoms with Crippen molar-refractivity contribution in [3.8, 4) is 11.5 Å². The van der Waals surface area contributed by atoms with Crippen LogP contribution in [0.5, 0.6) is 11.5 Å². The summed E-state index contributed by atoms with van der Waals surface area (Å²) in [7, 11) is 2.83. The lowest BCUT2D eigenvalue weighted by Crippen LogP contribution is -2.42. The van der Waals surface area contributed by atoms with Crippen molar-refractivity contribution in [1.82, 2.24) is 5.32 Å². The number of benzene rings is 1. The van der Waals surface area contributed by atoms with Crippen LogP contribution in [0.2, 0.25) is 0 Å². The fourth-order valence-electron chi connectivity index (χ4n) is 3.18. The van der Waals surface area contributed by atoms with Gasteiger partial charge in [-0.3, -0.25) is 0 Å². The van der Waals surface area contributed by atoms with Crippen LogP contribution in [-0.2, 0) is 4.74 Å². The van der Waals surface area contributed by atoms with E-state index in [1.165, 1.54) is 33.5 Å². The van der Waals surface area contributed by atoms with Gasteiger partial charge in [-0.1, -0.05) is 19.8 Å². The van der Waals surface area contributed by atoms with Gasteiger partial charge in [0.1, 0.15) is 12.7 Å². The standard InChI is InChI=1S/C19H29NO5/c1-13-6-4-5-7-16(13)20-11-15(21)12-25-17-9-8-14(19(22)24-3)10-18(17)23-2/h8-10,13,15-16,20-21H,4-7,11-12H2,1-3H3/t13-,15+,16-/m1/s1. The second-order valence-electron chi connectivity index (χ2n) is 6.60. The Labute approximate surface area is 149 Å². The van der Waals surface area contributed by atoms with Crippen LogP contribution < -0.4 is 14.8 Å². The molecule has 6 nitrogen and oxygen atoms in total. The summed E-state index contributed by atoms with van der Waals surface area (Å²) < 4.78 is 15.6. The molecule has 0 heterocycles. The molecule has 3 atom stereocenters. The summed E-state index contributed by atoms with van der Waals surface area (Å²) in [6, 6.07) is 5.29. The van der Waals surface area contributed by atoms with Gasteiger partial charge >= 0.3 is 5.97 Å². The lowest BCUT2D eigenvalue weighted by Gasteiger charge is -2.30. The predicted molar refractivity (Wildman–Crippen MR) is 95.3 cm³/mol. The molecule has 6 heteroatoms. The molecule has 1 aliphatic rings. The van der Waals surface area contributed by atoms with Crippen LogP contribution in [0.3, 0.4) is 0 Å². The Morgan fingerprint density at radius 1 is 1.28 bits per heavy atom. The van der Waals surface area contributed by atoms with Crippen LogP contribution in [0.4, 0.5) is 0 Å². The summed E-state index contributed by atoms with van der Waals surface area (Å²) >= 11 is 0. The fourth-order valence-corrected chi connectivity index (χ4v) is 3.18. The first-order valence-electron chi connectivity index (χ1n) is 8.85. The minimum Gasteiger partial charge on any atom is -0.493 e. The quantitative estimate of drug-likeness (QED) is 0.701. The summed E-state index contributed by atoms with van der Waals surface area (Å²) in [5.41, 5.74) is 0.389. The lowest BCUT2D eigenvalue weighted by atomic mass is 9.86. The van der Waals surface area contributed by atoms with Crippen molar-refractivity contribution in [1.29, 1.82) is 0 Å². The van der Waals surface area contributed by atoms with Gasteiger partial charge in [0, 0.05) is 12.6 Å². The molecule has 1 aliphatic carbocycles. The minimum absolute atomic E-state index is 0.155. The number of aliphatic hydroxyl groups excluding tert-OH is 1. The number of methoxy groups -OCH3 is 2. The lowest BCUT2D eigenvalue weighted by molar-refractivity contribution is 0.0600. The number of carbonyl (C=O) groups is 1. The van der Waals surface area contributed by atoms with E-state index < -0.39 is 12.1 Å². The molecule has 0 amide bonds. The van der Waals surface area contributed by atoms with E-state index in [1.807, 2.05) is 0 Å². The molecule has 0 radical (unpaired) electrons. The van der Waals surface area contributed by atoms with Crippen LogP contribution in [0.25, 0.3) is 0 Å². The number of hydrogen-bond acceptors (Lipinski definition) is 6. The zero-order valence-electron chi connectivity index (χ0n) is 15.3. The molecule has 0 spiro atoms. The molecule has 0 bridgehead atoms. The average Bonchev–Trinajstić information content (AvgIpc) is 2.64. The van der Waals surface area contributed by atoms with E-state index in [-0.39, 0.29) is 6.61 Å². The Morgan fingerprint density at radius 2 is 2.04 bits per heavy atom. The molecule has 1 fully saturated rings. The van der Waals surface area contributed by atoms with E-state index in [0.717, 1.165) is 6.42 Å². The second-order valence-corrected chi connectivity index (χ2v) is 6.60. The van der Waals surface area contributed by atoms with Gasteiger partial charge < -0.3 is 24.6 Å². The van der Waals surface area contributed by atoms with E-state index in [9.17, 15) is 9.90 Å². The summed E-state index contributed by atoms with van der Waals surface area (Å²) in [5, 5.41) is 13.6. The number of nitrogens with one attached hydrogen (secondary N) is 1. The third-order valence-electron chi connectivity index (χ3n) is 4.74. The molecule has 2 rings (SSSR count). The minimum atomic E-state index is -0.612. The maximum atomic E-state index is 11.6. The van der Waals surface area contributed by atoms with Crippen molar-refractivity contribution in [2.45, 2.75) is 44.8 Å². The van der Waals surface area contributed by atoms with Crippen LogP contribution in [0.1, 0.15) is 43.0 Å². The zero-order valence-corrected chi connectivity index (χ0v) is 15.3. The highest BCUT2D eigenvalue weighted by molar-refractivity contribution is 5.90. The highest BCUT2D eigenvalue weighted by Gasteiger charge is 2.21. The highest BCUT2D eigenvalue weighted by atomic mass is 16.5. The Bertz CT molecular complexity index is 563. The summed E-state index contributed by atoms with van der Waals surface area (Å²) in [6.45, 7) is 2.91. The summed E-state index contributed by atoms with van der Waals surface area (Å²) in [6.07, 6.45) is 4.34. The van der Waals surface area contributed by atoms with Gasteiger partial charge in [0.25, 0.3) is 0 Å². The number of rotatable bonds is 8. The molecule has 140 valence electrons. The van der Waals surface area contributed by atoms with E-state index in [4.69, 9.17) is 9.47 Å². The molecule has 0 unspecified atom stereocenters. The molecular formula is C19H29NO5.